The molecule has 2 heterocycles. The predicted octanol–water partition coefficient (Wildman–Crippen LogP) is 3.15. The Kier molecular flexibility index (Phi) is 11.6. The van der Waals surface area contributed by atoms with Crippen LogP contribution in [-0.4, -0.2) is 67.2 Å². The number of nitrogens with two attached hydrogens (primary N) is 1. The normalized spacial score (nSPS) is 15.3. The highest BCUT2D eigenvalue weighted by molar-refractivity contribution is 7.59. The van der Waals surface area contributed by atoms with Gasteiger partial charge in [0.25, 0.3) is 0 Å². The number of imidazole rings is 1. The minimum absolute atomic E-state index is 0.148. The molecular formula is C24H42N7O6P. The number of carboxylic acid groups (broad SMARTS) is 1. The zero-order valence-electron chi connectivity index (χ0n) is 23.1. The summed E-state index contributed by atoms with van der Waals surface area (Å²) in [4.78, 5) is 36.7. The molecule has 0 bridgehead atoms. The lowest BCUT2D eigenvalue weighted by Gasteiger charge is -2.34. The van der Waals surface area contributed by atoms with E-state index >= 15 is 0 Å². The van der Waals surface area contributed by atoms with Crippen LogP contribution in [0.3, 0.4) is 0 Å². The summed E-state index contributed by atoms with van der Waals surface area (Å²) >= 11 is 0. The molecule has 3 atom stereocenters. The van der Waals surface area contributed by atoms with Gasteiger partial charge in [-0.2, -0.15) is 0 Å². The van der Waals surface area contributed by atoms with Crippen molar-refractivity contribution in [2.45, 2.75) is 91.5 Å². The van der Waals surface area contributed by atoms with E-state index in [0.717, 1.165) is 19.3 Å². The Morgan fingerprint density at radius 1 is 1.21 bits per heavy atom. The van der Waals surface area contributed by atoms with Gasteiger partial charge in [0.05, 0.1) is 32.0 Å². The standard InChI is InChI=1S/C24H42N7O6P/c1-7-8-9-10-36-23(34)24(5,6)30-38(35,29-18(16(2)3)11-19(32)33)15-37-17(4)12-31-14-28-20-21(25)26-13-27-22(20)31/h13-14,16-18H,7-12,15H2,1-6H3,(H,32,33)(H2,25,26,27)(H2,29,30,35)/t17?,18-,38-/m0/s1. The van der Waals surface area contributed by atoms with E-state index in [9.17, 15) is 19.3 Å². The van der Waals surface area contributed by atoms with Crippen LogP contribution in [0.1, 0.15) is 67.2 Å². The Hall–Kier alpha value is -2.60. The smallest absolute Gasteiger partial charge is 0.326 e. The number of hydrogen-bond acceptors (Lipinski definition) is 9. The molecule has 2 aromatic heterocycles. The predicted molar refractivity (Wildman–Crippen MR) is 144 cm³/mol. The highest BCUT2D eigenvalue weighted by Crippen LogP contribution is 2.41. The second kappa shape index (κ2) is 14.0. The van der Waals surface area contributed by atoms with Gasteiger partial charge in [-0.25, -0.2) is 25.1 Å². The van der Waals surface area contributed by atoms with Crippen LogP contribution in [0.5, 0.6) is 0 Å². The van der Waals surface area contributed by atoms with Gasteiger partial charge in [-0.15, -0.1) is 0 Å². The molecule has 0 aliphatic carbocycles. The fraction of sp³-hybridized carbons (Fsp3) is 0.708. The molecule has 0 fully saturated rings. The van der Waals surface area contributed by atoms with Crippen molar-refractivity contribution in [3.63, 3.8) is 0 Å². The summed E-state index contributed by atoms with van der Waals surface area (Å²) in [6.07, 6.45) is 4.60. The molecule has 0 saturated carbocycles. The highest BCUT2D eigenvalue weighted by Gasteiger charge is 2.39. The van der Waals surface area contributed by atoms with E-state index in [2.05, 4.69) is 32.1 Å². The van der Waals surface area contributed by atoms with Crippen LogP contribution in [-0.2, 0) is 30.2 Å². The average Bonchev–Trinajstić information content (AvgIpc) is 3.23. The van der Waals surface area contributed by atoms with Crippen LogP contribution < -0.4 is 15.9 Å². The maximum atomic E-state index is 14.2. The molecule has 2 rings (SSSR count). The van der Waals surface area contributed by atoms with Gasteiger partial charge in [0, 0.05) is 6.04 Å². The van der Waals surface area contributed by atoms with E-state index in [4.69, 9.17) is 15.2 Å². The molecule has 0 amide bonds. The topological polar surface area (TPSA) is 184 Å². The number of ether oxygens (including phenoxy) is 2. The number of aliphatic carboxylic acids is 1. The van der Waals surface area contributed by atoms with E-state index in [1.165, 1.54) is 6.33 Å². The molecule has 0 aliphatic rings. The van der Waals surface area contributed by atoms with Gasteiger partial charge in [-0.3, -0.25) is 14.2 Å². The lowest BCUT2D eigenvalue weighted by molar-refractivity contribution is -0.149. The highest BCUT2D eigenvalue weighted by atomic mass is 31.2. The molecule has 5 N–H and O–H groups in total. The fourth-order valence-corrected chi connectivity index (χ4v) is 6.36. The second-order valence-corrected chi connectivity index (χ2v) is 12.6. The van der Waals surface area contributed by atoms with Crippen LogP contribution in [0.15, 0.2) is 12.7 Å². The number of esters is 1. The maximum absolute atomic E-state index is 14.2. The summed E-state index contributed by atoms with van der Waals surface area (Å²) in [5.74, 6) is -1.46. The summed E-state index contributed by atoms with van der Waals surface area (Å²) in [7, 11) is -3.66. The summed E-state index contributed by atoms with van der Waals surface area (Å²) < 4.78 is 27.3. The Morgan fingerprint density at radius 3 is 2.55 bits per heavy atom. The molecule has 38 heavy (non-hydrogen) atoms. The second-order valence-electron chi connectivity index (χ2n) is 10.3. The minimum atomic E-state index is -3.66. The van der Waals surface area contributed by atoms with E-state index in [0.29, 0.717) is 17.7 Å². The third kappa shape index (κ3) is 9.30. The van der Waals surface area contributed by atoms with Crippen LogP contribution in [0.2, 0.25) is 0 Å². The Labute approximate surface area is 223 Å². The number of carbonyl (C=O) groups is 2. The summed E-state index contributed by atoms with van der Waals surface area (Å²) in [6, 6.07) is -0.626. The van der Waals surface area contributed by atoms with E-state index in [1.54, 1.807) is 31.7 Å². The van der Waals surface area contributed by atoms with Gasteiger partial charge in [0.2, 0.25) is 7.44 Å². The van der Waals surface area contributed by atoms with Crippen molar-refractivity contribution in [2.75, 3.05) is 18.7 Å². The number of anilines is 1. The summed E-state index contributed by atoms with van der Waals surface area (Å²) in [5.41, 5.74) is 5.56. The van der Waals surface area contributed by atoms with Gasteiger partial charge in [0.15, 0.2) is 11.5 Å². The zero-order valence-corrected chi connectivity index (χ0v) is 24.0. The molecule has 0 radical (unpaired) electrons. The largest absolute Gasteiger partial charge is 0.481 e. The van der Waals surface area contributed by atoms with Gasteiger partial charge < -0.3 is 24.9 Å². The maximum Gasteiger partial charge on any atom is 0.326 e. The van der Waals surface area contributed by atoms with Gasteiger partial charge in [0.1, 0.15) is 23.7 Å². The van der Waals surface area contributed by atoms with E-state index in [-0.39, 0.29) is 31.1 Å². The average molecular weight is 556 g/mol. The number of aromatic nitrogens is 4. The first-order valence-corrected chi connectivity index (χ1v) is 14.8. The van der Waals surface area contributed by atoms with Crippen molar-refractivity contribution >= 4 is 36.4 Å². The number of unbranched alkanes of at least 4 members (excludes halogenated alkanes) is 2. The van der Waals surface area contributed by atoms with Crippen molar-refractivity contribution in [1.29, 1.82) is 0 Å². The molecule has 0 aromatic carbocycles. The van der Waals surface area contributed by atoms with Gasteiger partial charge in [-0.1, -0.05) is 33.6 Å². The number of nitrogens with one attached hydrogen (secondary N) is 2. The molecule has 13 nitrogen and oxygen atoms in total. The zero-order chi connectivity index (χ0) is 28.5. The van der Waals surface area contributed by atoms with Crippen LogP contribution in [0.4, 0.5) is 5.82 Å². The third-order valence-corrected chi connectivity index (χ3v) is 8.13. The Morgan fingerprint density at radius 2 is 1.92 bits per heavy atom. The van der Waals surface area contributed by atoms with Crippen molar-refractivity contribution in [3.8, 4) is 0 Å². The first-order valence-electron chi connectivity index (χ1n) is 12.9. The molecule has 0 spiro atoms. The van der Waals surface area contributed by atoms with Crippen LogP contribution in [0.25, 0.3) is 11.2 Å². The SMILES string of the molecule is CCCCCOC(=O)C(C)(C)N[P@](=O)(COC(C)Cn1cnc2c(N)ncnc21)N[C@@H](CC(=O)O)C(C)C. The number of carboxylic acids is 1. The van der Waals surface area contributed by atoms with Gasteiger partial charge >= 0.3 is 11.9 Å². The van der Waals surface area contributed by atoms with E-state index in [1.807, 2.05) is 13.8 Å². The van der Waals surface area contributed by atoms with Crippen LogP contribution >= 0.6 is 7.44 Å². The number of hydrogen-bond donors (Lipinski definition) is 4. The molecule has 214 valence electrons. The minimum Gasteiger partial charge on any atom is -0.481 e. The molecule has 0 aliphatic heterocycles. The monoisotopic (exact) mass is 555 g/mol. The number of nitrogen functional groups attached to an aromatic ring is 1. The summed E-state index contributed by atoms with van der Waals surface area (Å²) in [6.45, 7) is 11.3. The van der Waals surface area contributed by atoms with Gasteiger partial charge in [-0.05, 0) is 33.1 Å². The number of rotatable bonds is 17. The number of nitrogens with zero attached hydrogens (tertiary/aromatic N) is 4. The Bertz CT molecular complexity index is 1120. The summed E-state index contributed by atoms with van der Waals surface area (Å²) in [5, 5.41) is 15.3. The first kappa shape index (κ1) is 31.6. The molecule has 14 heteroatoms. The number of fused-ring (bicyclic) bond motifs is 1. The molecular weight excluding hydrogens is 513 g/mol. The lowest BCUT2D eigenvalue weighted by Crippen LogP contribution is -2.50. The first-order chi connectivity index (χ1) is 17.8. The van der Waals surface area contributed by atoms with Crippen molar-refractivity contribution < 1.29 is 28.7 Å². The quantitative estimate of drug-likeness (QED) is 0.127. The fourth-order valence-electron chi connectivity index (χ4n) is 3.78. The van der Waals surface area contributed by atoms with Crippen LogP contribution in [0, 0.1) is 5.92 Å². The Balaban J connectivity index is 2.18. The van der Waals surface area contributed by atoms with E-state index < -0.39 is 37.1 Å². The van der Waals surface area contributed by atoms with Crippen molar-refractivity contribution in [2.24, 2.45) is 5.92 Å². The molecule has 1 unspecified atom stereocenters. The number of carbonyl (C=O) groups excluding carboxylic acids is 1. The van der Waals surface area contributed by atoms with Crippen molar-refractivity contribution in [3.05, 3.63) is 12.7 Å². The molecule has 2 aromatic rings. The van der Waals surface area contributed by atoms with Crippen molar-refractivity contribution in [1.82, 2.24) is 29.7 Å². The molecule has 0 saturated heterocycles. The lowest BCUT2D eigenvalue weighted by atomic mass is 10.0. The third-order valence-electron chi connectivity index (χ3n) is 5.95.